The van der Waals surface area contributed by atoms with Gasteiger partial charge in [0.1, 0.15) is 0 Å². The van der Waals surface area contributed by atoms with Crippen LogP contribution < -0.4 is 10.5 Å². The molecular formula is C10H23N3O2S. The lowest BCUT2D eigenvalue weighted by atomic mass is 9.94. The number of hydrogen-bond acceptors (Lipinski definition) is 3. The SMILES string of the molecule is CCCNS(=O)(=O)N1CCC(C)CC1CN. The van der Waals surface area contributed by atoms with Crippen molar-refractivity contribution in [3.63, 3.8) is 0 Å². The van der Waals surface area contributed by atoms with Crippen LogP contribution in [-0.2, 0) is 10.2 Å². The highest BCUT2D eigenvalue weighted by Crippen LogP contribution is 2.23. The first-order valence-corrected chi connectivity index (χ1v) is 7.41. The van der Waals surface area contributed by atoms with E-state index in [1.165, 1.54) is 4.31 Å². The molecule has 3 N–H and O–H groups in total. The largest absolute Gasteiger partial charge is 0.329 e. The molecule has 1 rings (SSSR count). The van der Waals surface area contributed by atoms with Gasteiger partial charge in [0.25, 0.3) is 10.2 Å². The topological polar surface area (TPSA) is 75.4 Å². The van der Waals surface area contributed by atoms with Gasteiger partial charge >= 0.3 is 0 Å². The van der Waals surface area contributed by atoms with Crippen molar-refractivity contribution in [3.8, 4) is 0 Å². The first-order chi connectivity index (χ1) is 7.51. The van der Waals surface area contributed by atoms with Gasteiger partial charge in [-0.25, -0.2) is 4.72 Å². The summed E-state index contributed by atoms with van der Waals surface area (Å²) in [6.45, 7) is 5.57. The van der Waals surface area contributed by atoms with Crippen LogP contribution in [0.25, 0.3) is 0 Å². The summed E-state index contributed by atoms with van der Waals surface area (Å²) in [5, 5.41) is 0. The van der Waals surface area contributed by atoms with Crippen LogP contribution in [0.5, 0.6) is 0 Å². The van der Waals surface area contributed by atoms with Gasteiger partial charge in [-0.2, -0.15) is 12.7 Å². The van der Waals surface area contributed by atoms with E-state index in [9.17, 15) is 8.42 Å². The summed E-state index contributed by atoms with van der Waals surface area (Å²) in [5.41, 5.74) is 5.65. The molecule has 16 heavy (non-hydrogen) atoms. The van der Waals surface area contributed by atoms with E-state index in [0.717, 1.165) is 19.3 Å². The van der Waals surface area contributed by atoms with E-state index in [1.807, 2.05) is 6.92 Å². The zero-order valence-electron chi connectivity index (χ0n) is 10.1. The summed E-state index contributed by atoms with van der Waals surface area (Å²) in [6.07, 6.45) is 2.59. The maximum Gasteiger partial charge on any atom is 0.279 e. The van der Waals surface area contributed by atoms with E-state index >= 15 is 0 Å². The Morgan fingerprint density at radius 1 is 1.50 bits per heavy atom. The van der Waals surface area contributed by atoms with Gasteiger partial charge in [-0.1, -0.05) is 13.8 Å². The molecule has 2 unspecified atom stereocenters. The summed E-state index contributed by atoms with van der Waals surface area (Å²) in [4.78, 5) is 0. The second-order valence-corrected chi connectivity index (χ2v) is 6.24. The number of nitrogens with one attached hydrogen (secondary N) is 1. The number of rotatable bonds is 5. The van der Waals surface area contributed by atoms with Crippen LogP contribution in [0.1, 0.15) is 33.1 Å². The van der Waals surface area contributed by atoms with Crippen molar-refractivity contribution in [2.24, 2.45) is 11.7 Å². The van der Waals surface area contributed by atoms with Crippen molar-refractivity contribution in [1.29, 1.82) is 0 Å². The van der Waals surface area contributed by atoms with Crippen LogP contribution >= 0.6 is 0 Å². The Kier molecular flexibility index (Phi) is 5.17. The molecule has 0 spiro atoms. The number of piperidine rings is 1. The second kappa shape index (κ2) is 5.95. The van der Waals surface area contributed by atoms with Crippen LogP contribution in [0.2, 0.25) is 0 Å². The van der Waals surface area contributed by atoms with Gasteiger partial charge < -0.3 is 5.73 Å². The molecule has 0 aromatic heterocycles. The highest BCUT2D eigenvalue weighted by Gasteiger charge is 2.33. The quantitative estimate of drug-likeness (QED) is 0.735. The summed E-state index contributed by atoms with van der Waals surface area (Å²) >= 11 is 0. The van der Waals surface area contributed by atoms with Crippen molar-refractivity contribution in [2.45, 2.75) is 39.2 Å². The molecule has 1 saturated heterocycles. The minimum atomic E-state index is -3.33. The number of nitrogens with zero attached hydrogens (tertiary/aromatic N) is 1. The normalized spacial score (nSPS) is 28.2. The minimum absolute atomic E-state index is 0.0434. The van der Waals surface area contributed by atoms with E-state index in [-0.39, 0.29) is 6.04 Å². The Morgan fingerprint density at radius 2 is 2.19 bits per heavy atom. The molecule has 6 heteroatoms. The monoisotopic (exact) mass is 249 g/mol. The van der Waals surface area contributed by atoms with E-state index in [4.69, 9.17) is 5.73 Å². The predicted octanol–water partition coefficient (Wildman–Crippen LogP) is 0.290. The van der Waals surface area contributed by atoms with Crippen molar-refractivity contribution < 1.29 is 8.42 Å². The summed E-state index contributed by atoms with van der Waals surface area (Å²) in [7, 11) is -3.33. The second-order valence-electron chi connectivity index (χ2n) is 4.53. The standard InChI is InChI=1S/C10H23N3O2S/c1-3-5-12-16(14,15)13-6-4-9(2)7-10(13)8-11/h9-10,12H,3-8,11H2,1-2H3. The van der Waals surface area contributed by atoms with E-state index in [1.54, 1.807) is 0 Å². The Labute approximate surface area is 98.6 Å². The van der Waals surface area contributed by atoms with Crippen molar-refractivity contribution in [2.75, 3.05) is 19.6 Å². The zero-order chi connectivity index (χ0) is 12.2. The van der Waals surface area contributed by atoms with Gasteiger partial charge in [0, 0.05) is 25.7 Å². The van der Waals surface area contributed by atoms with Gasteiger partial charge in [-0.15, -0.1) is 0 Å². The third-order valence-corrected chi connectivity index (χ3v) is 4.71. The summed E-state index contributed by atoms with van der Waals surface area (Å²) < 4.78 is 28.1. The Hall–Kier alpha value is -0.170. The van der Waals surface area contributed by atoms with Gasteiger partial charge in [0.2, 0.25) is 0 Å². The molecule has 0 saturated carbocycles. The Balaban J connectivity index is 2.69. The van der Waals surface area contributed by atoms with Gasteiger partial charge in [-0.05, 0) is 25.2 Å². The minimum Gasteiger partial charge on any atom is -0.329 e. The fraction of sp³-hybridized carbons (Fsp3) is 1.00. The van der Waals surface area contributed by atoms with E-state index in [0.29, 0.717) is 25.6 Å². The van der Waals surface area contributed by atoms with Crippen LogP contribution in [0.15, 0.2) is 0 Å². The molecule has 1 aliphatic heterocycles. The maximum atomic E-state index is 12.0. The van der Waals surface area contributed by atoms with Crippen molar-refractivity contribution >= 4 is 10.2 Å². The highest BCUT2D eigenvalue weighted by atomic mass is 32.2. The van der Waals surface area contributed by atoms with Crippen LogP contribution in [0.3, 0.4) is 0 Å². The molecule has 0 radical (unpaired) electrons. The third kappa shape index (κ3) is 3.41. The first-order valence-electron chi connectivity index (χ1n) is 5.97. The molecule has 2 atom stereocenters. The van der Waals surface area contributed by atoms with Gasteiger partial charge in [-0.3, -0.25) is 0 Å². The van der Waals surface area contributed by atoms with Gasteiger partial charge in [0.05, 0.1) is 0 Å². The molecule has 0 aliphatic carbocycles. The molecular weight excluding hydrogens is 226 g/mol. The van der Waals surface area contributed by atoms with Crippen molar-refractivity contribution in [1.82, 2.24) is 9.03 Å². The maximum absolute atomic E-state index is 12.0. The zero-order valence-corrected chi connectivity index (χ0v) is 11.0. The van der Waals surface area contributed by atoms with Crippen molar-refractivity contribution in [3.05, 3.63) is 0 Å². The molecule has 1 fully saturated rings. The lowest BCUT2D eigenvalue weighted by Gasteiger charge is -2.36. The molecule has 1 aliphatic rings. The first kappa shape index (κ1) is 13.9. The smallest absolute Gasteiger partial charge is 0.279 e. The fourth-order valence-electron chi connectivity index (χ4n) is 2.07. The number of hydrogen-bond donors (Lipinski definition) is 2. The number of nitrogens with two attached hydrogens (primary N) is 1. The third-order valence-electron chi connectivity index (χ3n) is 3.04. The molecule has 96 valence electrons. The molecule has 5 nitrogen and oxygen atoms in total. The fourth-order valence-corrected chi connectivity index (χ4v) is 3.61. The van der Waals surface area contributed by atoms with E-state index in [2.05, 4.69) is 11.6 Å². The average Bonchev–Trinajstić information content (AvgIpc) is 2.26. The molecule has 1 heterocycles. The summed E-state index contributed by atoms with van der Waals surface area (Å²) in [5.74, 6) is 0.561. The molecule has 0 aromatic rings. The summed E-state index contributed by atoms with van der Waals surface area (Å²) in [6, 6.07) is -0.0434. The van der Waals surface area contributed by atoms with Gasteiger partial charge in [0.15, 0.2) is 0 Å². The van der Waals surface area contributed by atoms with E-state index < -0.39 is 10.2 Å². The molecule has 0 amide bonds. The predicted molar refractivity (Wildman–Crippen MR) is 65.2 cm³/mol. The van der Waals surface area contributed by atoms with Crippen LogP contribution in [0.4, 0.5) is 0 Å². The Bertz CT molecular complexity index is 305. The Morgan fingerprint density at radius 3 is 2.75 bits per heavy atom. The lowest BCUT2D eigenvalue weighted by molar-refractivity contribution is 0.209. The average molecular weight is 249 g/mol. The highest BCUT2D eigenvalue weighted by molar-refractivity contribution is 7.87. The lowest BCUT2D eigenvalue weighted by Crippen LogP contribution is -2.53. The molecule has 0 aromatic carbocycles. The van der Waals surface area contributed by atoms with Crippen LogP contribution in [-0.4, -0.2) is 38.4 Å². The van der Waals surface area contributed by atoms with Crippen LogP contribution in [0, 0.1) is 5.92 Å². The molecule has 0 bridgehead atoms.